The summed E-state index contributed by atoms with van der Waals surface area (Å²) in [7, 11) is 1.87. The molecule has 0 fully saturated rings. The lowest BCUT2D eigenvalue weighted by atomic mass is 10.0. The van der Waals surface area contributed by atoms with Gasteiger partial charge < -0.3 is 10.2 Å². The van der Waals surface area contributed by atoms with Gasteiger partial charge in [-0.1, -0.05) is 12.1 Å². The first-order valence-corrected chi connectivity index (χ1v) is 5.46. The van der Waals surface area contributed by atoms with E-state index in [-0.39, 0.29) is 5.76 Å². The van der Waals surface area contributed by atoms with Gasteiger partial charge in [0.25, 0.3) is 5.91 Å². The maximum atomic E-state index is 11.2. The quantitative estimate of drug-likeness (QED) is 0.745. The molecule has 0 aliphatic heterocycles. The molecule has 0 aliphatic rings. The highest BCUT2D eigenvalue weighted by atomic mass is 16.3. The number of amides is 1. The second-order valence-corrected chi connectivity index (χ2v) is 4.07. The van der Waals surface area contributed by atoms with Gasteiger partial charge in [-0.2, -0.15) is 5.10 Å². The average molecular weight is 241 g/mol. The van der Waals surface area contributed by atoms with Crippen LogP contribution in [0.4, 0.5) is 0 Å². The largest absolute Gasteiger partial charge is 0.459 e. The average Bonchev–Trinajstić information content (AvgIpc) is 2.96. The van der Waals surface area contributed by atoms with Crippen molar-refractivity contribution >= 4 is 16.8 Å². The van der Waals surface area contributed by atoms with Crippen LogP contribution in [0.2, 0.25) is 0 Å². The van der Waals surface area contributed by atoms with Crippen LogP contribution >= 0.6 is 0 Å². The first kappa shape index (κ1) is 10.6. The minimum absolute atomic E-state index is 0.177. The Morgan fingerprint density at radius 2 is 2.22 bits per heavy atom. The Morgan fingerprint density at radius 1 is 1.39 bits per heavy atom. The molecule has 2 aromatic heterocycles. The molecular formula is C13H11N3O2. The lowest BCUT2D eigenvalue weighted by Gasteiger charge is -2.01. The molecule has 90 valence electrons. The third-order valence-corrected chi connectivity index (χ3v) is 2.95. The molecule has 0 spiro atoms. The molecule has 5 heteroatoms. The summed E-state index contributed by atoms with van der Waals surface area (Å²) in [6.45, 7) is 0. The summed E-state index contributed by atoms with van der Waals surface area (Å²) in [5, 5.41) is 5.22. The Labute approximate surface area is 103 Å². The molecule has 3 rings (SSSR count). The van der Waals surface area contributed by atoms with E-state index in [1.165, 1.54) is 6.26 Å². The van der Waals surface area contributed by atoms with Crippen molar-refractivity contribution in [2.75, 3.05) is 0 Å². The van der Waals surface area contributed by atoms with E-state index in [4.69, 9.17) is 10.2 Å². The predicted octanol–water partition coefficient (Wildman–Crippen LogP) is 1.93. The second kappa shape index (κ2) is 3.73. The zero-order chi connectivity index (χ0) is 12.7. The van der Waals surface area contributed by atoms with Gasteiger partial charge in [-0.3, -0.25) is 9.48 Å². The van der Waals surface area contributed by atoms with Crippen molar-refractivity contribution in [1.82, 2.24) is 9.78 Å². The van der Waals surface area contributed by atoms with Crippen molar-refractivity contribution in [2.45, 2.75) is 0 Å². The summed E-state index contributed by atoms with van der Waals surface area (Å²) in [4.78, 5) is 11.2. The fraction of sp³-hybridized carbons (Fsp3) is 0.0769. The lowest BCUT2D eigenvalue weighted by Crippen LogP contribution is -2.10. The fourth-order valence-corrected chi connectivity index (χ4v) is 2.04. The molecular weight excluding hydrogens is 230 g/mol. The number of hydrogen-bond acceptors (Lipinski definition) is 3. The van der Waals surface area contributed by atoms with E-state index in [1.54, 1.807) is 16.9 Å². The van der Waals surface area contributed by atoms with Crippen LogP contribution in [0.15, 0.2) is 41.1 Å². The van der Waals surface area contributed by atoms with Crippen LogP contribution < -0.4 is 5.73 Å². The van der Waals surface area contributed by atoms with Gasteiger partial charge in [0.15, 0.2) is 5.76 Å². The minimum atomic E-state index is -0.569. The Kier molecular flexibility index (Phi) is 2.19. The number of rotatable bonds is 2. The van der Waals surface area contributed by atoms with Crippen LogP contribution in [0.25, 0.3) is 22.0 Å². The van der Waals surface area contributed by atoms with E-state index < -0.39 is 5.91 Å². The highest BCUT2D eigenvalue weighted by molar-refractivity contribution is 5.98. The molecule has 0 unspecified atom stereocenters. The maximum absolute atomic E-state index is 11.2. The van der Waals surface area contributed by atoms with E-state index >= 15 is 0 Å². The zero-order valence-corrected chi connectivity index (χ0v) is 9.75. The van der Waals surface area contributed by atoms with Gasteiger partial charge in [-0.05, 0) is 17.7 Å². The standard InChI is InChI=1S/C13H11N3O2/c1-16-11-6-8(2-3-9(11)7-15-16)10-4-5-18-12(10)13(14)17/h2-7H,1H3,(H2,14,17). The molecule has 0 bridgehead atoms. The Morgan fingerprint density at radius 3 is 3.00 bits per heavy atom. The smallest absolute Gasteiger partial charge is 0.285 e. The van der Waals surface area contributed by atoms with Crippen molar-refractivity contribution < 1.29 is 9.21 Å². The SMILES string of the molecule is Cn1ncc2ccc(-c3ccoc3C(N)=O)cc21. The molecule has 5 nitrogen and oxygen atoms in total. The highest BCUT2D eigenvalue weighted by Gasteiger charge is 2.14. The summed E-state index contributed by atoms with van der Waals surface area (Å²) >= 11 is 0. The molecule has 1 aromatic carbocycles. The number of aryl methyl sites for hydroxylation is 1. The Balaban J connectivity index is 2.22. The van der Waals surface area contributed by atoms with Gasteiger partial charge in [0.1, 0.15) is 0 Å². The van der Waals surface area contributed by atoms with E-state index in [0.717, 1.165) is 16.5 Å². The van der Waals surface area contributed by atoms with Gasteiger partial charge in [0.2, 0.25) is 0 Å². The number of nitrogens with two attached hydrogens (primary N) is 1. The van der Waals surface area contributed by atoms with Crippen LogP contribution in [0.5, 0.6) is 0 Å². The fourth-order valence-electron chi connectivity index (χ4n) is 2.04. The monoisotopic (exact) mass is 241 g/mol. The molecule has 3 aromatic rings. The van der Waals surface area contributed by atoms with Gasteiger partial charge in [0, 0.05) is 18.0 Å². The topological polar surface area (TPSA) is 74.1 Å². The summed E-state index contributed by atoms with van der Waals surface area (Å²) in [5.41, 5.74) is 7.84. The summed E-state index contributed by atoms with van der Waals surface area (Å²) in [6, 6.07) is 7.56. The molecule has 18 heavy (non-hydrogen) atoms. The van der Waals surface area contributed by atoms with Crippen LogP contribution in [0.3, 0.4) is 0 Å². The molecule has 2 heterocycles. The van der Waals surface area contributed by atoms with Crippen molar-refractivity contribution in [3.63, 3.8) is 0 Å². The molecule has 0 saturated carbocycles. The summed E-state index contributed by atoms with van der Waals surface area (Å²) < 4.78 is 6.89. The van der Waals surface area contributed by atoms with Crippen LogP contribution in [0, 0.1) is 0 Å². The highest BCUT2D eigenvalue weighted by Crippen LogP contribution is 2.27. The van der Waals surface area contributed by atoms with Gasteiger partial charge in [-0.25, -0.2) is 0 Å². The Bertz CT molecular complexity index is 740. The molecule has 1 amide bonds. The number of furan rings is 1. The number of aromatic nitrogens is 2. The maximum Gasteiger partial charge on any atom is 0.285 e. The van der Waals surface area contributed by atoms with E-state index in [9.17, 15) is 4.79 Å². The minimum Gasteiger partial charge on any atom is -0.459 e. The summed E-state index contributed by atoms with van der Waals surface area (Å²) in [5.74, 6) is -0.392. The third-order valence-electron chi connectivity index (χ3n) is 2.95. The number of hydrogen-bond donors (Lipinski definition) is 1. The van der Waals surface area contributed by atoms with Crippen LogP contribution in [-0.4, -0.2) is 15.7 Å². The molecule has 0 saturated heterocycles. The first-order chi connectivity index (χ1) is 8.66. The Hall–Kier alpha value is -2.56. The van der Waals surface area contributed by atoms with Crippen molar-refractivity contribution in [3.05, 3.63) is 42.5 Å². The summed E-state index contributed by atoms with van der Waals surface area (Å²) in [6.07, 6.45) is 3.26. The van der Waals surface area contributed by atoms with Gasteiger partial charge in [-0.15, -0.1) is 0 Å². The van der Waals surface area contributed by atoms with E-state index in [2.05, 4.69) is 5.10 Å². The predicted molar refractivity (Wildman–Crippen MR) is 66.9 cm³/mol. The van der Waals surface area contributed by atoms with Gasteiger partial charge in [0.05, 0.1) is 18.0 Å². The normalized spacial score (nSPS) is 10.9. The van der Waals surface area contributed by atoms with E-state index in [1.807, 2.05) is 25.2 Å². The second-order valence-electron chi connectivity index (χ2n) is 4.07. The zero-order valence-electron chi connectivity index (χ0n) is 9.75. The number of primary amides is 1. The van der Waals surface area contributed by atoms with Crippen LogP contribution in [0.1, 0.15) is 10.6 Å². The number of nitrogens with zero attached hydrogens (tertiary/aromatic N) is 2. The molecule has 0 radical (unpaired) electrons. The van der Waals surface area contributed by atoms with Crippen LogP contribution in [-0.2, 0) is 7.05 Å². The number of carbonyl (C=O) groups excluding carboxylic acids is 1. The number of fused-ring (bicyclic) bond motifs is 1. The first-order valence-electron chi connectivity index (χ1n) is 5.46. The van der Waals surface area contributed by atoms with E-state index in [0.29, 0.717) is 5.56 Å². The third kappa shape index (κ3) is 1.48. The van der Waals surface area contributed by atoms with Gasteiger partial charge >= 0.3 is 0 Å². The molecule has 0 atom stereocenters. The lowest BCUT2D eigenvalue weighted by molar-refractivity contribution is 0.0975. The van der Waals surface area contributed by atoms with Crippen molar-refractivity contribution in [2.24, 2.45) is 12.8 Å². The van der Waals surface area contributed by atoms with Crippen molar-refractivity contribution in [3.8, 4) is 11.1 Å². The number of benzene rings is 1. The molecule has 2 N–H and O–H groups in total. The number of carbonyl (C=O) groups is 1. The van der Waals surface area contributed by atoms with Crippen molar-refractivity contribution in [1.29, 1.82) is 0 Å². The molecule has 0 aliphatic carbocycles.